The molecule has 3 aromatic heterocycles. The molecule has 3 aromatic rings. The summed E-state index contributed by atoms with van der Waals surface area (Å²) in [6.07, 6.45) is 3.05. The molecule has 1 saturated heterocycles. The standard InChI is InChI=1S/C17H20BrN7O2.C2H6.C2H4/c1-17(2,3)27-16(26)23(4)11-7-24(8-11)14-15-22-20-9-25(15)12-5-10(18)6-19-13(12)21-14;2*1-2/h5-6,9,11H,7-8H2,1-4H3;1-2H3;1-2H2. The van der Waals surface area contributed by atoms with Gasteiger partial charge in [-0.1, -0.05) is 13.8 Å². The average Bonchev–Trinajstić information content (AvgIpc) is 3.19. The summed E-state index contributed by atoms with van der Waals surface area (Å²) in [4.78, 5) is 25.0. The van der Waals surface area contributed by atoms with Crippen molar-refractivity contribution in [3.63, 3.8) is 0 Å². The van der Waals surface area contributed by atoms with Crippen molar-refractivity contribution in [2.24, 2.45) is 0 Å². The van der Waals surface area contributed by atoms with Crippen molar-refractivity contribution in [1.29, 1.82) is 0 Å². The molecule has 1 aliphatic rings. The summed E-state index contributed by atoms with van der Waals surface area (Å²) >= 11 is 3.43. The van der Waals surface area contributed by atoms with Gasteiger partial charge in [0.05, 0.1) is 11.6 Å². The first kappa shape index (κ1) is 24.5. The number of pyridine rings is 1. The van der Waals surface area contributed by atoms with Crippen LogP contribution < -0.4 is 4.90 Å². The van der Waals surface area contributed by atoms with Gasteiger partial charge in [-0.15, -0.1) is 23.4 Å². The minimum absolute atomic E-state index is 0.0539. The molecule has 1 fully saturated rings. The highest BCUT2D eigenvalue weighted by Gasteiger charge is 2.36. The van der Waals surface area contributed by atoms with Gasteiger partial charge in [0.25, 0.3) is 0 Å². The fourth-order valence-corrected chi connectivity index (χ4v) is 3.29. The van der Waals surface area contributed by atoms with Gasteiger partial charge in [-0.05, 0) is 42.8 Å². The molecular weight excluding hydrogens is 462 g/mol. The molecule has 10 heteroatoms. The van der Waals surface area contributed by atoms with Crippen molar-refractivity contribution in [3.05, 3.63) is 36.2 Å². The monoisotopic (exact) mass is 491 g/mol. The number of fused-ring (bicyclic) bond motifs is 3. The van der Waals surface area contributed by atoms with Gasteiger partial charge < -0.3 is 14.5 Å². The molecule has 0 radical (unpaired) electrons. The lowest BCUT2D eigenvalue weighted by atomic mass is 10.1. The summed E-state index contributed by atoms with van der Waals surface area (Å²) in [5.74, 6) is 0.712. The predicted molar refractivity (Wildman–Crippen MR) is 126 cm³/mol. The molecule has 0 unspecified atom stereocenters. The Labute approximate surface area is 191 Å². The van der Waals surface area contributed by atoms with Gasteiger partial charge in [-0.2, -0.15) is 0 Å². The maximum Gasteiger partial charge on any atom is 0.410 e. The van der Waals surface area contributed by atoms with Crippen LogP contribution in [0.2, 0.25) is 0 Å². The third-order valence-corrected chi connectivity index (χ3v) is 4.86. The van der Waals surface area contributed by atoms with E-state index in [1.807, 2.05) is 45.1 Å². The molecule has 4 rings (SSSR count). The maximum absolute atomic E-state index is 12.2. The number of hydrogen-bond donors (Lipinski definition) is 0. The summed E-state index contributed by atoms with van der Waals surface area (Å²) < 4.78 is 8.17. The summed E-state index contributed by atoms with van der Waals surface area (Å²) in [6, 6.07) is 1.99. The van der Waals surface area contributed by atoms with Crippen LogP contribution in [-0.4, -0.2) is 67.3 Å². The first-order valence-electron chi connectivity index (χ1n) is 10.1. The number of likely N-dealkylation sites (N-methyl/N-ethyl adjacent to an activating group) is 1. The van der Waals surface area contributed by atoms with Crippen LogP contribution in [0.4, 0.5) is 10.6 Å². The number of carbonyl (C=O) groups is 1. The van der Waals surface area contributed by atoms with Crippen LogP contribution in [0.5, 0.6) is 0 Å². The molecule has 0 bridgehead atoms. The number of hydrogen-bond acceptors (Lipinski definition) is 7. The third-order valence-electron chi connectivity index (χ3n) is 4.42. The molecule has 31 heavy (non-hydrogen) atoms. The highest BCUT2D eigenvalue weighted by molar-refractivity contribution is 9.10. The lowest BCUT2D eigenvalue weighted by molar-refractivity contribution is 0.0197. The van der Waals surface area contributed by atoms with Crippen molar-refractivity contribution in [2.75, 3.05) is 25.0 Å². The minimum Gasteiger partial charge on any atom is -0.444 e. The van der Waals surface area contributed by atoms with E-state index in [2.05, 4.69) is 54.2 Å². The number of carbonyl (C=O) groups excluding carboxylic acids is 1. The Kier molecular flexibility index (Phi) is 7.94. The molecule has 0 saturated carbocycles. The Morgan fingerprint density at radius 1 is 1.29 bits per heavy atom. The van der Waals surface area contributed by atoms with E-state index in [9.17, 15) is 4.79 Å². The summed E-state index contributed by atoms with van der Waals surface area (Å²) in [6.45, 7) is 16.9. The van der Waals surface area contributed by atoms with Crippen LogP contribution in [0.25, 0.3) is 16.8 Å². The van der Waals surface area contributed by atoms with Gasteiger partial charge in [0.1, 0.15) is 11.9 Å². The molecule has 0 atom stereocenters. The largest absolute Gasteiger partial charge is 0.444 e. The van der Waals surface area contributed by atoms with E-state index in [1.54, 1.807) is 24.5 Å². The molecule has 1 aliphatic heterocycles. The van der Waals surface area contributed by atoms with E-state index in [4.69, 9.17) is 4.74 Å². The van der Waals surface area contributed by atoms with Crippen molar-refractivity contribution in [1.82, 2.24) is 29.5 Å². The smallest absolute Gasteiger partial charge is 0.410 e. The third kappa shape index (κ3) is 5.30. The summed E-state index contributed by atoms with van der Waals surface area (Å²) in [7, 11) is 1.76. The predicted octanol–water partition coefficient (Wildman–Crippen LogP) is 4.32. The Morgan fingerprint density at radius 3 is 2.55 bits per heavy atom. The number of aromatic nitrogens is 5. The first-order chi connectivity index (χ1) is 14.7. The van der Waals surface area contributed by atoms with E-state index in [-0.39, 0.29) is 12.1 Å². The summed E-state index contributed by atoms with van der Waals surface area (Å²) in [5.41, 5.74) is 1.60. The Hall–Kier alpha value is -2.75. The number of nitrogens with zero attached hydrogens (tertiary/aromatic N) is 7. The van der Waals surface area contributed by atoms with E-state index in [0.717, 1.165) is 9.99 Å². The van der Waals surface area contributed by atoms with Gasteiger partial charge in [-0.25, -0.2) is 14.8 Å². The van der Waals surface area contributed by atoms with Gasteiger partial charge in [0, 0.05) is 30.8 Å². The molecule has 0 aromatic carbocycles. The second-order valence-corrected chi connectivity index (χ2v) is 8.52. The first-order valence-corrected chi connectivity index (χ1v) is 10.9. The second-order valence-electron chi connectivity index (χ2n) is 7.61. The fraction of sp³-hybridized carbons (Fsp3) is 0.476. The number of amides is 1. The van der Waals surface area contributed by atoms with Crippen molar-refractivity contribution in [2.45, 2.75) is 46.3 Å². The molecule has 0 aliphatic carbocycles. The molecule has 168 valence electrons. The van der Waals surface area contributed by atoms with Crippen LogP contribution >= 0.6 is 15.9 Å². The van der Waals surface area contributed by atoms with Gasteiger partial charge in [-0.3, -0.25) is 4.40 Å². The molecular formula is C21H30BrN7O2. The number of anilines is 1. The van der Waals surface area contributed by atoms with Crippen molar-refractivity contribution < 1.29 is 9.53 Å². The quantitative estimate of drug-likeness (QED) is 0.493. The topological polar surface area (TPSA) is 88.8 Å². The second kappa shape index (κ2) is 10.0. The van der Waals surface area contributed by atoms with Crippen LogP contribution in [0.1, 0.15) is 34.6 Å². The lowest BCUT2D eigenvalue weighted by Crippen LogP contribution is -2.60. The minimum atomic E-state index is -0.512. The molecule has 9 nitrogen and oxygen atoms in total. The number of ether oxygens (including phenoxy) is 1. The summed E-state index contributed by atoms with van der Waals surface area (Å²) in [5, 5.41) is 8.24. The zero-order valence-corrected chi connectivity index (χ0v) is 20.5. The van der Waals surface area contributed by atoms with E-state index >= 15 is 0 Å². The van der Waals surface area contributed by atoms with E-state index in [0.29, 0.717) is 30.2 Å². The Balaban J connectivity index is 0.000000807. The maximum atomic E-state index is 12.2. The number of rotatable bonds is 2. The van der Waals surface area contributed by atoms with Crippen LogP contribution in [0, 0.1) is 0 Å². The van der Waals surface area contributed by atoms with Crippen LogP contribution in [0.15, 0.2) is 36.2 Å². The average molecular weight is 492 g/mol. The molecule has 1 amide bonds. The van der Waals surface area contributed by atoms with Crippen molar-refractivity contribution in [3.8, 4) is 0 Å². The molecule has 4 heterocycles. The highest BCUT2D eigenvalue weighted by atomic mass is 79.9. The molecule has 0 spiro atoms. The zero-order valence-electron chi connectivity index (χ0n) is 19.0. The highest BCUT2D eigenvalue weighted by Crippen LogP contribution is 2.28. The van der Waals surface area contributed by atoms with Gasteiger partial charge in [0.15, 0.2) is 11.5 Å². The van der Waals surface area contributed by atoms with Gasteiger partial charge in [0.2, 0.25) is 5.65 Å². The van der Waals surface area contributed by atoms with Crippen LogP contribution in [-0.2, 0) is 4.74 Å². The fourth-order valence-electron chi connectivity index (χ4n) is 2.97. The lowest BCUT2D eigenvalue weighted by Gasteiger charge is -2.44. The molecule has 0 N–H and O–H groups in total. The zero-order chi connectivity index (χ0) is 23.3. The van der Waals surface area contributed by atoms with Gasteiger partial charge >= 0.3 is 6.09 Å². The Bertz CT molecular complexity index is 1040. The normalized spacial score (nSPS) is 13.6. The Morgan fingerprint density at radius 2 is 1.94 bits per heavy atom. The van der Waals surface area contributed by atoms with Crippen LogP contribution in [0.3, 0.4) is 0 Å². The number of halogens is 1. The van der Waals surface area contributed by atoms with Crippen molar-refractivity contribution >= 4 is 44.7 Å². The van der Waals surface area contributed by atoms with E-state index in [1.165, 1.54) is 0 Å². The van der Waals surface area contributed by atoms with E-state index < -0.39 is 5.60 Å². The SMILES string of the molecule is C=C.CC.CN(C(=O)OC(C)(C)C)C1CN(c2nc3ncc(Br)cc3n3cnnc23)C1.